The number of halogens is 3. The lowest BCUT2D eigenvalue weighted by Gasteiger charge is -2.19. The molecule has 0 fully saturated rings. The highest BCUT2D eigenvalue weighted by Crippen LogP contribution is 2.20. The van der Waals surface area contributed by atoms with Gasteiger partial charge < -0.3 is 16.0 Å². The van der Waals surface area contributed by atoms with Gasteiger partial charge in [0.25, 0.3) is 5.91 Å². The molecular formula is C22H27F3N3O2+. The Bertz CT molecular complexity index is 886. The summed E-state index contributed by atoms with van der Waals surface area (Å²) in [5.74, 6) is -5.34. The van der Waals surface area contributed by atoms with Crippen LogP contribution in [0.3, 0.4) is 0 Å². The number of quaternary nitrogens is 1. The summed E-state index contributed by atoms with van der Waals surface area (Å²) in [6.07, 6.45) is 0.954. The predicted octanol–water partition coefficient (Wildman–Crippen LogP) is 2.68. The first kappa shape index (κ1) is 23.4. The molecule has 4 N–H and O–H groups in total. The fourth-order valence-corrected chi connectivity index (χ4v) is 3.07. The molecule has 0 saturated carbocycles. The topological polar surface area (TPSA) is 74.8 Å². The van der Waals surface area contributed by atoms with Crippen LogP contribution in [0.2, 0.25) is 0 Å². The van der Waals surface area contributed by atoms with Crippen LogP contribution in [0.5, 0.6) is 0 Å². The molecule has 1 atom stereocenters. The third-order valence-electron chi connectivity index (χ3n) is 4.80. The van der Waals surface area contributed by atoms with E-state index in [-0.39, 0.29) is 24.4 Å². The molecule has 0 aliphatic carbocycles. The van der Waals surface area contributed by atoms with Crippen molar-refractivity contribution >= 4 is 17.5 Å². The van der Waals surface area contributed by atoms with Crippen molar-refractivity contribution in [2.24, 2.45) is 5.92 Å². The standard InChI is InChI=1S/C22H26F3N3O2/c1-4-14-5-7-15(8-6-14)22(13(2)3)27-11-18(29)26-12-19(30)28-17-10-9-16(23)20(24)21(17)25/h5-10,13,22,27H,4,11-12H2,1-3H3,(H,26,29)(H,28,30)/p+1/t22-/m1/s1. The molecule has 0 spiro atoms. The fourth-order valence-electron chi connectivity index (χ4n) is 3.07. The van der Waals surface area contributed by atoms with Crippen LogP contribution in [0, 0.1) is 23.4 Å². The highest BCUT2D eigenvalue weighted by molar-refractivity contribution is 5.94. The van der Waals surface area contributed by atoms with Gasteiger partial charge in [-0.3, -0.25) is 9.59 Å². The SMILES string of the molecule is CCc1ccc([C@H]([NH2+]CC(=O)NCC(=O)Nc2ccc(F)c(F)c2F)C(C)C)cc1. The van der Waals surface area contributed by atoms with E-state index < -0.39 is 35.6 Å². The lowest BCUT2D eigenvalue weighted by atomic mass is 9.95. The van der Waals surface area contributed by atoms with Crippen LogP contribution in [-0.4, -0.2) is 24.9 Å². The van der Waals surface area contributed by atoms with Crippen LogP contribution in [0.1, 0.15) is 37.9 Å². The molecule has 0 radical (unpaired) electrons. The maximum atomic E-state index is 13.6. The lowest BCUT2D eigenvalue weighted by molar-refractivity contribution is -0.692. The number of hydrogen-bond donors (Lipinski definition) is 3. The third kappa shape index (κ3) is 6.32. The number of amides is 2. The molecule has 0 unspecified atom stereocenters. The van der Waals surface area contributed by atoms with Crippen LogP contribution in [0.15, 0.2) is 36.4 Å². The zero-order valence-corrected chi connectivity index (χ0v) is 17.3. The number of hydrogen-bond acceptors (Lipinski definition) is 2. The van der Waals surface area contributed by atoms with E-state index in [9.17, 15) is 22.8 Å². The normalized spacial score (nSPS) is 12.0. The molecule has 0 aliphatic heterocycles. The quantitative estimate of drug-likeness (QED) is 0.544. The summed E-state index contributed by atoms with van der Waals surface area (Å²) in [5.41, 5.74) is 1.86. The molecule has 8 heteroatoms. The molecule has 0 aromatic heterocycles. The van der Waals surface area contributed by atoms with E-state index >= 15 is 0 Å². The summed E-state index contributed by atoms with van der Waals surface area (Å²) in [5, 5.41) is 6.44. The zero-order chi connectivity index (χ0) is 22.3. The second-order valence-electron chi connectivity index (χ2n) is 7.35. The highest BCUT2D eigenvalue weighted by Gasteiger charge is 2.21. The van der Waals surface area contributed by atoms with Crippen LogP contribution in [-0.2, 0) is 16.0 Å². The molecule has 162 valence electrons. The Morgan fingerprint density at radius 3 is 2.23 bits per heavy atom. The monoisotopic (exact) mass is 422 g/mol. The van der Waals surface area contributed by atoms with Gasteiger partial charge >= 0.3 is 0 Å². The van der Waals surface area contributed by atoms with Gasteiger partial charge in [-0.2, -0.15) is 0 Å². The van der Waals surface area contributed by atoms with Gasteiger partial charge in [-0.25, -0.2) is 13.2 Å². The van der Waals surface area contributed by atoms with Gasteiger partial charge in [0.15, 0.2) is 24.0 Å². The molecule has 0 heterocycles. The van der Waals surface area contributed by atoms with Crippen molar-refractivity contribution in [3.63, 3.8) is 0 Å². The molecular weight excluding hydrogens is 395 g/mol. The Morgan fingerprint density at radius 2 is 1.63 bits per heavy atom. The highest BCUT2D eigenvalue weighted by atomic mass is 19.2. The molecule has 30 heavy (non-hydrogen) atoms. The number of benzene rings is 2. The van der Waals surface area contributed by atoms with Crippen molar-refractivity contribution in [2.45, 2.75) is 33.2 Å². The zero-order valence-electron chi connectivity index (χ0n) is 17.3. The summed E-state index contributed by atoms with van der Waals surface area (Å²) in [7, 11) is 0. The molecule has 0 aliphatic rings. The second kappa shape index (κ2) is 10.8. The Morgan fingerprint density at radius 1 is 0.967 bits per heavy atom. The number of carbonyl (C=O) groups excluding carboxylic acids is 2. The predicted molar refractivity (Wildman–Crippen MR) is 108 cm³/mol. The van der Waals surface area contributed by atoms with Crippen molar-refractivity contribution in [3.8, 4) is 0 Å². The fraction of sp³-hybridized carbons (Fsp3) is 0.364. The minimum Gasteiger partial charge on any atom is -0.342 e. The first-order chi connectivity index (χ1) is 14.2. The van der Waals surface area contributed by atoms with Gasteiger partial charge in [-0.15, -0.1) is 0 Å². The third-order valence-corrected chi connectivity index (χ3v) is 4.80. The summed E-state index contributed by atoms with van der Waals surface area (Å²) in [6, 6.07) is 9.95. The number of rotatable bonds is 9. The maximum Gasteiger partial charge on any atom is 0.275 e. The van der Waals surface area contributed by atoms with E-state index in [1.165, 1.54) is 5.56 Å². The molecule has 0 saturated heterocycles. The van der Waals surface area contributed by atoms with Crippen molar-refractivity contribution in [2.75, 3.05) is 18.4 Å². The average Bonchev–Trinajstić information content (AvgIpc) is 2.73. The minimum absolute atomic E-state index is 0.0757. The van der Waals surface area contributed by atoms with Gasteiger partial charge in [0.1, 0.15) is 6.04 Å². The number of carbonyl (C=O) groups is 2. The first-order valence-corrected chi connectivity index (χ1v) is 9.85. The number of nitrogens with one attached hydrogen (secondary N) is 2. The van der Waals surface area contributed by atoms with E-state index in [0.29, 0.717) is 6.07 Å². The Balaban J connectivity index is 1.85. The Kier molecular flexibility index (Phi) is 8.41. The maximum absolute atomic E-state index is 13.6. The number of nitrogens with two attached hydrogens (primary N) is 1. The van der Waals surface area contributed by atoms with Gasteiger partial charge in [0.2, 0.25) is 5.91 Å². The van der Waals surface area contributed by atoms with Crippen molar-refractivity contribution < 1.29 is 28.1 Å². The van der Waals surface area contributed by atoms with E-state index in [0.717, 1.165) is 18.1 Å². The van der Waals surface area contributed by atoms with Gasteiger partial charge in [0, 0.05) is 11.5 Å². The average molecular weight is 422 g/mol. The van der Waals surface area contributed by atoms with Gasteiger partial charge in [-0.1, -0.05) is 45.0 Å². The van der Waals surface area contributed by atoms with E-state index in [2.05, 4.69) is 55.7 Å². The molecule has 2 aromatic carbocycles. The minimum atomic E-state index is -1.67. The summed E-state index contributed by atoms with van der Waals surface area (Å²) in [4.78, 5) is 24.0. The van der Waals surface area contributed by atoms with Crippen LogP contribution >= 0.6 is 0 Å². The van der Waals surface area contributed by atoms with Crippen molar-refractivity contribution in [3.05, 3.63) is 65.0 Å². The molecule has 5 nitrogen and oxygen atoms in total. The van der Waals surface area contributed by atoms with E-state index in [1.807, 2.05) is 5.32 Å². The lowest BCUT2D eigenvalue weighted by Crippen LogP contribution is -2.88. The molecule has 2 amide bonds. The molecule has 2 rings (SSSR count). The molecule has 0 bridgehead atoms. The largest absolute Gasteiger partial charge is 0.342 e. The van der Waals surface area contributed by atoms with E-state index in [1.54, 1.807) is 0 Å². The first-order valence-electron chi connectivity index (χ1n) is 9.85. The smallest absolute Gasteiger partial charge is 0.275 e. The van der Waals surface area contributed by atoms with Crippen molar-refractivity contribution in [1.29, 1.82) is 0 Å². The second-order valence-corrected chi connectivity index (χ2v) is 7.35. The Hall–Kier alpha value is -2.87. The van der Waals surface area contributed by atoms with Crippen LogP contribution < -0.4 is 16.0 Å². The summed E-state index contributed by atoms with van der Waals surface area (Å²) >= 11 is 0. The van der Waals surface area contributed by atoms with E-state index in [4.69, 9.17) is 0 Å². The van der Waals surface area contributed by atoms with Crippen LogP contribution in [0.4, 0.5) is 18.9 Å². The number of aryl methyl sites for hydroxylation is 1. The molecule has 2 aromatic rings. The van der Waals surface area contributed by atoms with Crippen molar-refractivity contribution in [1.82, 2.24) is 5.32 Å². The summed E-state index contributed by atoms with van der Waals surface area (Å²) in [6.45, 7) is 5.91. The van der Waals surface area contributed by atoms with Gasteiger partial charge in [-0.05, 0) is 24.1 Å². The number of anilines is 1. The summed E-state index contributed by atoms with van der Waals surface area (Å²) < 4.78 is 39.7. The van der Waals surface area contributed by atoms with Crippen LogP contribution in [0.25, 0.3) is 0 Å². The van der Waals surface area contributed by atoms with Gasteiger partial charge in [0.05, 0.1) is 12.2 Å². The Labute approximate surface area is 174 Å².